The van der Waals surface area contributed by atoms with Crippen molar-refractivity contribution in [3.63, 3.8) is 0 Å². The van der Waals surface area contributed by atoms with Gasteiger partial charge in [-0.15, -0.1) is 0 Å². The number of fused-ring (bicyclic) bond motifs is 2. The molecule has 0 spiro atoms. The van der Waals surface area contributed by atoms with Crippen LogP contribution in [0.1, 0.15) is 80.0 Å². The number of rotatable bonds is 22. The first-order valence-electron chi connectivity index (χ1n) is 22.7. The number of carbonyl (C=O) groups is 4. The third-order valence-corrected chi connectivity index (χ3v) is 19.3. The number of hydrogen-bond acceptors (Lipinski definition) is 15. The summed E-state index contributed by atoms with van der Waals surface area (Å²) in [5.41, 5.74) is 2.70. The number of methoxy groups -OCH3 is 2. The quantitative estimate of drug-likeness (QED) is 0.0240. The van der Waals surface area contributed by atoms with E-state index in [2.05, 4.69) is 62.6 Å². The van der Waals surface area contributed by atoms with Gasteiger partial charge in [-0.2, -0.15) is 0 Å². The van der Waals surface area contributed by atoms with Gasteiger partial charge >= 0.3 is 6.09 Å². The van der Waals surface area contributed by atoms with E-state index in [1.54, 1.807) is 35.2 Å². The first kappa shape index (κ1) is 52.6. The summed E-state index contributed by atoms with van der Waals surface area (Å²) in [7, 11) is 3.66. The van der Waals surface area contributed by atoms with Crippen LogP contribution in [-0.2, 0) is 14.0 Å². The summed E-state index contributed by atoms with van der Waals surface area (Å²) >= 11 is 0. The van der Waals surface area contributed by atoms with Gasteiger partial charge in [0.2, 0.25) is 5.91 Å². The number of benzene rings is 2. The molecule has 4 amide bonds. The highest BCUT2D eigenvalue weighted by atomic mass is 33.1. The highest BCUT2D eigenvalue weighted by molar-refractivity contribution is 8.76. The number of ether oxygens (including phenoxy) is 5. The number of likely N-dealkylation sites (tertiary alicyclic amines) is 1. The topological polar surface area (TPSA) is 210 Å². The normalized spacial score (nSPS) is 16.9. The van der Waals surface area contributed by atoms with Gasteiger partial charge in [0, 0.05) is 37.0 Å². The van der Waals surface area contributed by atoms with E-state index in [4.69, 9.17) is 28.1 Å². The van der Waals surface area contributed by atoms with E-state index in [0.29, 0.717) is 110 Å². The molecule has 0 saturated carbocycles. The lowest BCUT2D eigenvalue weighted by atomic mass is 10.1. The van der Waals surface area contributed by atoms with Gasteiger partial charge in [-0.25, -0.2) is 9.78 Å². The summed E-state index contributed by atoms with van der Waals surface area (Å²) in [6.07, 6.45) is 3.93. The van der Waals surface area contributed by atoms with Crippen LogP contribution in [0.5, 0.6) is 23.0 Å². The standard InChI is InChI=1S/C48H62N6O12S2Si/c1-30-20-33(29-66-69(8,9)48(3,4)5)52(27-30)45(56)35-23-40(62-7)42(25-37(35)51-47(58)65-18-13-19-67-68-43-15-14-32(26-49-43)54(59)60)64-17-12-10-11-16-63-41-24-36-34(22-39(41)61-6)46(57)53-28-31(2)21-38(53)44(55)50-36/h14-15,22-26,33,38H,1-2,10-13,16-21,27-29H2,3-9H3,(H,50,55)(H,51,58)/t33-,38-/m0/s1. The first-order chi connectivity index (χ1) is 32.8. The lowest BCUT2D eigenvalue weighted by Gasteiger charge is -2.38. The lowest BCUT2D eigenvalue weighted by Crippen LogP contribution is -2.46. The number of aromatic nitrogens is 1. The molecule has 0 aliphatic carbocycles. The molecule has 0 bridgehead atoms. The number of amides is 4. The molecule has 4 heterocycles. The second kappa shape index (κ2) is 23.2. The summed E-state index contributed by atoms with van der Waals surface area (Å²) in [5, 5.41) is 17.2. The molecular formula is C48H62N6O12S2Si. The largest absolute Gasteiger partial charge is 0.493 e. The van der Waals surface area contributed by atoms with E-state index in [1.165, 1.54) is 53.0 Å². The fourth-order valence-corrected chi connectivity index (χ4v) is 10.6. The van der Waals surface area contributed by atoms with Crippen molar-refractivity contribution in [1.29, 1.82) is 0 Å². The molecule has 3 aliphatic rings. The van der Waals surface area contributed by atoms with Crippen molar-refractivity contribution in [2.24, 2.45) is 0 Å². The van der Waals surface area contributed by atoms with Gasteiger partial charge in [0.15, 0.2) is 31.3 Å². The van der Waals surface area contributed by atoms with E-state index < -0.39 is 25.4 Å². The number of nitro groups is 1. The number of pyridine rings is 1. The molecule has 0 unspecified atom stereocenters. The summed E-state index contributed by atoms with van der Waals surface area (Å²) in [4.78, 5) is 72.0. The molecule has 2 aromatic carbocycles. The number of carbonyl (C=O) groups excluding carboxylic acids is 4. The second-order valence-electron chi connectivity index (χ2n) is 18.5. The molecule has 2 atom stereocenters. The molecule has 21 heteroatoms. The van der Waals surface area contributed by atoms with Crippen LogP contribution >= 0.6 is 21.6 Å². The van der Waals surface area contributed by atoms with E-state index in [0.717, 1.165) is 11.1 Å². The zero-order valence-corrected chi connectivity index (χ0v) is 42.9. The summed E-state index contributed by atoms with van der Waals surface area (Å²) in [5.74, 6) is 1.10. The first-order valence-corrected chi connectivity index (χ1v) is 28.0. The van der Waals surface area contributed by atoms with Crippen LogP contribution in [0.3, 0.4) is 0 Å². The van der Waals surface area contributed by atoms with E-state index in [9.17, 15) is 29.3 Å². The van der Waals surface area contributed by atoms with Crippen LogP contribution in [0.15, 0.2) is 71.9 Å². The highest BCUT2D eigenvalue weighted by Crippen LogP contribution is 2.41. The molecule has 6 rings (SSSR count). The van der Waals surface area contributed by atoms with Crippen molar-refractivity contribution < 1.29 is 52.2 Å². The van der Waals surface area contributed by atoms with Crippen molar-refractivity contribution in [3.8, 4) is 23.0 Å². The van der Waals surface area contributed by atoms with Crippen LogP contribution < -0.4 is 29.6 Å². The van der Waals surface area contributed by atoms with Crippen molar-refractivity contribution in [1.82, 2.24) is 14.8 Å². The smallest absolute Gasteiger partial charge is 0.411 e. The number of hydrogen-bond donors (Lipinski definition) is 2. The maximum absolute atomic E-state index is 14.5. The van der Waals surface area contributed by atoms with Gasteiger partial charge in [-0.3, -0.25) is 29.8 Å². The Morgan fingerprint density at radius 3 is 2.26 bits per heavy atom. The summed E-state index contributed by atoms with van der Waals surface area (Å²) in [6.45, 7) is 20.7. The SMILES string of the molecule is C=C1C[C@@H](CO[Si](C)(C)C(C)(C)C)N(C(=O)c2cc(OC)c(OCCCCCOc3cc4c(cc3OC)C(=O)N3CC(=C)C[C@H]3C(=O)N4)cc2NC(=O)OCCCSSc2ccc([N+](=O)[O-])cn2)C1. The third kappa shape index (κ3) is 13.3. The number of nitrogens with zero attached hydrogens (tertiary/aromatic N) is 4. The average Bonchev–Trinajstić information content (AvgIpc) is 3.87. The molecule has 3 aromatic rings. The predicted octanol–water partition coefficient (Wildman–Crippen LogP) is 9.53. The lowest BCUT2D eigenvalue weighted by molar-refractivity contribution is -0.385. The minimum absolute atomic E-state index is 0.0239. The van der Waals surface area contributed by atoms with Crippen LogP contribution in [0.4, 0.5) is 21.9 Å². The fourth-order valence-electron chi connectivity index (χ4n) is 7.59. The van der Waals surface area contributed by atoms with Crippen molar-refractivity contribution >= 4 is 70.8 Å². The molecule has 3 aliphatic heterocycles. The Morgan fingerprint density at radius 2 is 1.61 bits per heavy atom. The Morgan fingerprint density at radius 1 is 0.928 bits per heavy atom. The van der Waals surface area contributed by atoms with Gasteiger partial charge in [-0.05, 0) is 85.7 Å². The van der Waals surface area contributed by atoms with Crippen molar-refractivity contribution in [2.75, 3.05) is 70.1 Å². The molecule has 2 N–H and O–H groups in total. The average molecular weight is 1010 g/mol. The van der Waals surface area contributed by atoms with Gasteiger partial charge in [-0.1, -0.05) is 55.9 Å². The Labute approximate surface area is 411 Å². The van der Waals surface area contributed by atoms with Gasteiger partial charge in [0.1, 0.15) is 17.3 Å². The van der Waals surface area contributed by atoms with Crippen LogP contribution in [0.2, 0.25) is 18.1 Å². The predicted molar refractivity (Wildman–Crippen MR) is 269 cm³/mol. The molecule has 69 heavy (non-hydrogen) atoms. The minimum atomic E-state index is -2.14. The maximum Gasteiger partial charge on any atom is 0.411 e. The summed E-state index contributed by atoms with van der Waals surface area (Å²) in [6, 6.07) is 8.46. The summed E-state index contributed by atoms with van der Waals surface area (Å²) < 4.78 is 35.7. The Bertz CT molecular complexity index is 2430. The Hall–Kier alpha value is -5.77. The van der Waals surface area contributed by atoms with Crippen molar-refractivity contribution in [2.45, 2.75) is 94.5 Å². The molecule has 2 fully saturated rings. The van der Waals surface area contributed by atoms with Crippen LogP contribution in [0, 0.1) is 10.1 Å². The zero-order chi connectivity index (χ0) is 50.0. The second-order valence-corrected chi connectivity index (χ2v) is 25.7. The number of anilines is 2. The fraction of sp³-hybridized carbons (Fsp3) is 0.479. The van der Waals surface area contributed by atoms with E-state index >= 15 is 0 Å². The monoisotopic (exact) mass is 1010 g/mol. The van der Waals surface area contributed by atoms with Crippen LogP contribution in [-0.4, -0.2) is 123 Å². The van der Waals surface area contributed by atoms with Gasteiger partial charge in [0.05, 0.1) is 74.1 Å². The molecule has 0 radical (unpaired) electrons. The third-order valence-electron chi connectivity index (χ3n) is 12.4. The Kier molecular flexibility index (Phi) is 17.7. The molecule has 372 valence electrons. The van der Waals surface area contributed by atoms with E-state index in [1.807, 2.05) is 0 Å². The van der Waals surface area contributed by atoms with E-state index in [-0.39, 0.29) is 59.0 Å². The minimum Gasteiger partial charge on any atom is -0.493 e. The molecule has 18 nitrogen and oxygen atoms in total. The number of nitrogens with one attached hydrogen (secondary N) is 2. The van der Waals surface area contributed by atoms with Gasteiger partial charge in [0.25, 0.3) is 17.5 Å². The Balaban J connectivity index is 1.08. The highest BCUT2D eigenvalue weighted by Gasteiger charge is 2.42. The number of unbranched alkanes of at least 4 members (excludes halogenated alkanes) is 2. The zero-order valence-electron chi connectivity index (χ0n) is 40.3. The molecular weight excluding hydrogens is 945 g/mol. The van der Waals surface area contributed by atoms with Crippen molar-refractivity contribution in [3.05, 3.63) is 88.1 Å². The van der Waals surface area contributed by atoms with Gasteiger partial charge < -0.3 is 43.2 Å². The molecule has 1 aromatic heterocycles. The maximum atomic E-state index is 14.5. The van der Waals surface area contributed by atoms with Crippen LogP contribution in [0.25, 0.3) is 0 Å². The molecule has 2 saturated heterocycles.